The van der Waals surface area contributed by atoms with Crippen molar-refractivity contribution in [2.75, 3.05) is 6.54 Å². The van der Waals surface area contributed by atoms with Crippen molar-refractivity contribution in [3.63, 3.8) is 0 Å². The maximum atomic E-state index is 12.8. The van der Waals surface area contributed by atoms with Gasteiger partial charge in [0.05, 0.1) is 17.1 Å². The summed E-state index contributed by atoms with van der Waals surface area (Å²) >= 11 is 0.557. The van der Waals surface area contributed by atoms with Crippen LogP contribution in [-0.4, -0.2) is 57.3 Å². The molecule has 13 heteroatoms. The number of fused-ring (bicyclic) bond motifs is 1. The molecule has 0 fully saturated rings. The Labute approximate surface area is 191 Å². The molecule has 0 saturated heterocycles. The minimum Gasteiger partial charge on any atom is -0.386 e. The van der Waals surface area contributed by atoms with E-state index in [1.165, 1.54) is 19.9 Å². The van der Waals surface area contributed by atoms with Crippen molar-refractivity contribution in [2.24, 2.45) is 11.8 Å². The molecule has 10 nitrogen and oxygen atoms in total. The fourth-order valence-corrected chi connectivity index (χ4v) is 8.50. The monoisotopic (exact) mass is 508 g/mol. The largest absolute Gasteiger partial charge is 0.386 e. The molecule has 180 valence electrons. The van der Waals surface area contributed by atoms with Crippen molar-refractivity contribution in [1.82, 2.24) is 10.0 Å². The van der Waals surface area contributed by atoms with Gasteiger partial charge in [0.15, 0.2) is 21.4 Å². The molecule has 32 heavy (non-hydrogen) atoms. The highest BCUT2D eigenvalue weighted by atomic mass is 32.3. The summed E-state index contributed by atoms with van der Waals surface area (Å²) in [5.74, 6) is -5.53. The van der Waals surface area contributed by atoms with Crippen LogP contribution in [0.3, 0.4) is 0 Å². The van der Waals surface area contributed by atoms with E-state index in [4.69, 9.17) is 0 Å². The summed E-state index contributed by atoms with van der Waals surface area (Å²) in [5.41, 5.74) is 0.336. The van der Waals surface area contributed by atoms with Crippen LogP contribution in [0.1, 0.15) is 52.6 Å². The Hall–Kier alpha value is -1.67. The number of carbonyl (C=O) groups excluding carboxylic acids is 3. The topological polar surface area (TPSA) is 164 Å². The molecule has 0 radical (unpaired) electrons. The summed E-state index contributed by atoms with van der Waals surface area (Å²) < 4.78 is 52.4. The molecule has 0 bridgehead atoms. The molecule has 1 amide bonds. The van der Waals surface area contributed by atoms with Gasteiger partial charge in [-0.05, 0) is 46.7 Å². The van der Waals surface area contributed by atoms with Gasteiger partial charge in [0.1, 0.15) is 14.5 Å². The summed E-state index contributed by atoms with van der Waals surface area (Å²) in [7, 11) is -8.17. The normalized spacial score (nSPS) is 22.9. The second-order valence-corrected chi connectivity index (χ2v) is 13.4. The van der Waals surface area contributed by atoms with Crippen molar-refractivity contribution < 1.29 is 36.3 Å². The Morgan fingerprint density at radius 2 is 1.78 bits per heavy atom. The molecule has 0 spiro atoms. The third-order valence-corrected chi connectivity index (χ3v) is 11.2. The molecule has 2 heterocycles. The molecule has 0 saturated carbocycles. The second-order valence-electron chi connectivity index (χ2n) is 7.90. The molecular weight excluding hydrogens is 480 g/mol. The summed E-state index contributed by atoms with van der Waals surface area (Å²) in [4.78, 5) is 36.6. The molecule has 1 aliphatic heterocycles. The number of amides is 1. The minimum absolute atomic E-state index is 0.0599. The predicted molar refractivity (Wildman–Crippen MR) is 117 cm³/mol. The van der Waals surface area contributed by atoms with E-state index in [-0.39, 0.29) is 20.9 Å². The van der Waals surface area contributed by atoms with Crippen LogP contribution >= 0.6 is 11.3 Å². The lowest BCUT2D eigenvalue weighted by Crippen LogP contribution is -2.41. The van der Waals surface area contributed by atoms with Crippen LogP contribution in [0.25, 0.3) is 0 Å². The summed E-state index contributed by atoms with van der Waals surface area (Å²) in [6, 6.07) is 0.885. The highest BCUT2D eigenvalue weighted by molar-refractivity contribution is 7.95. The molecular formula is C19H28N2O8S3. The number of aliphatic hydroxyl groups excluding tert-OH is 1. The van der Waals surface area contributed by atoms with Crippen molar-refractivity contribution in [2.45, 2.75) is 66.9 Å². The van der Waals surface area contributed by atoms with Gasteiger partial charge >= 0.3 is 0 Å². The highest BCUT2D eigenvalue weighted by Gasteiger charge is 2.40. The van der Waals surface area contributed by atoms with Crippen LogP contribution in [0.5, 0.6) is 0 Å². The average molecular weight is 509 g/mol. The third kappa shape index (κ3) is 5.11. The molecule has 2 rings (SSSR count). The number of aliphatic hydroxyl groups is 1. The van der Waals surface area contributed by atoms with Crippen molar-refractivity contribution >= 4 is 48.7 Å². The Balaban J connectivity index is 2.32. The highest BCUT2D eigenvalue weighted by Crippen LogP contribution is 2.42. The van der Waals surface area contributed by atoms with Crippen molar-refractivity contribution in [1.29, 1.82) is 0 Å². The quantitative estimate of drug-likeness (QED) is 0.404. The predicted octanol–water partition coefficient (Wildman–Crippen LogP) is 0.561. The third-order valence-electron chi connectivity index (χ3n) is 5.47. The molecule has 0 aliphatic carbocycles. The van der Waals surface area contributed by atoms with Gasteiger partial charge in [0.25, 0.3) is 10.0 Å². The summed E-state index contributed by atoms with van der Waals surface area (Å²) in [5, 5.41) is 11.8. The van der Waals surface area contributed by atoms with Crippen molar-refractivity contribution in [3.8, 4) is 0 Å². The van der Waals surface area contributed by atoms with E-state index in [9.17, 15) is 36.3 Å². The lowest BCUT2D eigenvalue weighted by molar-refractivity contribution is -0.140. The number of hydrogen-bond acceptors (Lipinski definition) is 10. The SMILES string of the molecule is CCN[C@H]1C[C@H](C)S(=O)(=O)c2sc(S(=O)(=O)NC(=O)[C@@H](C)C(=O)[C@@H](C)C(=O)[C@H](C)O)cc21. The number of carbonyl (C=O) groups is 3. The Bertz CT molecular complexity index is 1120. The van der Waals surface area contributed by atoms with Gasteiger partial charge < -0.3 is 10.4 Å². The zero-order valence-corrected chi connectivity index (χ0v) is 20.9. The Morgan fingerprint density at radius 3 is 2.31 bits per heavy atom. The number of nitrogens with one attached hydrogen (secondary N) is 2. The molecule has 3 N–H and O–H groups in total. The molecule has 0 unspecified atom stereocenters. The number of sulfone groups is 1. The van der Waals surface area contributed by atoms with Gasteiger partial charge in [0, 0.05) is 11.6 Å². The average Bonchev–Trinajstić information content (AvgIpc) is 3.17. The second kappa shape index (κ2) is 9.67. The van der Waals surface area contributed by atoms with Crippen LogP contribution < -0.4 is 10.0 Å². The standard InChI is InChI=1S/C19H28N2O8S3/c1-6-20-14-7-9(2)31(26,27)19-13(14)8-15(30-19)32(28,29)21-18(25)11(4)16(23)10(3)17(24)12(5)22/h8-12,14,20,22H,6-7H2,1-5H3,(H,21,25)/t9-,10+,11-,12-,14-/m0/s1. The van der Waals surface area contributed by atoms with E-state index in [0.29, 0.717) is 23.4 Å². The number of thiophene rings is 1. The van der Waals surface area contributed by atoms with E-state index in [0.717, 1.165) is 6.92 Å². The number of ketones is 2. The first-order valence-corrected chi connectivity index (χ1v) is 13.9. The number of rotatable bonds is 9. The fraction of sp³-hybridized carbons (Fsp3) is 0.632. The fourth-order valence-electron chi connectivity index (χ4n) is 3.45. The number of hydrogen-bond donors (Lipinski definition) is 3. The lowest BCUT2D eigenvalue weighted by Gasteiger charge is -2.27. The van der Waals surface area contributed by atoms with Crippen LogP contribution in [0, 0.1) is 11.8 Å². The summed E-state index contributed by atoms with van der Waals surface area (Å²) in [6.07, 6.45) is -1.12. The first-order valence-electron chi connectivity index (χ1n) is 10.1. The van der Waals surface area contributed by atoms with Gasteiger partial charge in [-0.3, -0.25) is 14.4 Å². The zero-order valence-electron chi connectivity index (χ0n) is 18.4. The van der Waals surface area contributed by atoms with E-state index in [1.54, 1.807) is 11.6 Å². The van der Waals surface area contributed by atoms with E-state index in [1.807, 2.05) is 6.92 Å². The molecule has 1 aromatic rings. The maximum absolute atomic E-state index is 12.8. The lowest BCUT2D eigenvalue weighted by atomic mass is 9.90. The van der Waals surface area contributed by atoms with E-state index >= 15 is 0 Å². The van der Waals surface area contributed by atoms with Gasteiger partial charge in [-0.15, -0.1) is 11.3 Å². The molecule has 1 aliphatic rings. The first-order chi connectivity index (χ1) is 14.6. The van der Waals surface area contributed by atoms with Crippen LogP contribution in [0.4, 0.5) is 0 Å². The maximum Gasteiger partial charge on any atom is 0.273 e. The Morgan fingerprint density at radius 1 is 1.19 bits per heavy atom. The minimum atomic E-state index is -4.46. The summed E-state index contributed by atoms with van der Waals surface area (Å²) in [6.45, 7) is 7.53. The van der Waals surface area contributed by atoms with Gasteiger partial charge in [0.2, 0.25) is 5.91 Å². The number of sulfonamides is 1. The van der Waals surface area contributed by atoms with Crippen molar-refractivity contribution in [3.05, 3.63) is 11.6 Å². The van der Waals surface area contributed by atoms with Gasteiger partial charge in [-0.2, -0.15) is 0 Å². The molecule has 0 aromatic carbocycles. The van der Waals surface area contributed by atoms with E-state index < -0.39 is 60.5 Å². The Kier molecular flexibility index (Phi) is 8.04. The van der Waals surface area contributed by atoms with Gasteiger partial charge in [-0.1, -0.05) is 6.92 Å². The number of Topliss-reactive ketones (excluding diaryl/α,β-unsaturated/α-hetero) is 2. The first kappa shape index (κ1) is 26.6. The van der Waals surface area contributed by atoms with Crippen LogP contribution in [0.2, 0.25) is 0 Å². The van der Waals surface area contributed by atoms with Gasteiger partial charge in [-0.25, -0.2) is 21.6 Å². The van der Waals surface area contributed by atoms with Crippen LogP contribution in [-0.2, 0) is 34.2 Å². The molecule has 1 aromatic heterocycles. The van der Waals surface area contributed by atoms with Crippen LogP contribution in [0.15, 0.2) is 14.5 Å². The smallest absolute Gasteiger partial charge is 0.273 e. The zero-order chi connectivity index (χ0) is 24.6. The molecule has 5 atom stereocenters. The van der Waals surface area contributed by atoms with E-state index in [2.05, 4.69) is 5.32 Å².